The van der Waals surface area contributed by atoms with Crippen LogP contribution in [0.1, 0.15) is 23.6 Å². The lowest BCUT2D eigenvalue weighted by molar-refractivity contribution is -0.144. The summed E-state index contributed by atoms with van der Waals surface area (Å²) in [6.45, 7) is 0.304. The summed E-state index contributed by atoms with van der Waals surface area (Å²) in [4.78, 5) is 27.4. The van der Waals surface area contributed by atoms with Gasteiger partial charge < -0.3 is 23.8 Å². The summed E-state index contributed by atoms with van der Waals surface area (Å²) in [5, 5.41) is 6.15. The quantitative estimate of drug-likeness (QED) is 0.502. The van der Waals surface area contributed by atoms with Gasteiger partial charge in [-0.15, -0.1) is 0 Å². The largest absolute Gasteiger partial charge is 0.497 e. The van der Waals surface area contributed by atoms with E-state index in [2.05, 4.69) is 0 Å². The van der Waals surface area contributed by atoms with Crippen molar-refractivity contribution in [3.63, 3.8) is 0 Å². The van der Waals surface area contributed by atoms with Crippen molar-refractivity contribution in [3.8, 4) is 11.5 Å². The second-order valence-electron chi connectivity index (χ2n) is 7.72. The van der Waals surface area contributed by atoms with E-state index in [1.165, 1.54) is 17.0 Å². The molecule has 0 saturated carbocycles. The van der Waals surface area contributed by atoms with Gasteiger partial charge in [0.2, 0.25) is 5.91 Å². The molecule has 9 nitrogen and oxygen atoms in total. The van der Waals surface area contributed by atoms with Gasteiger partial charge in [0.25, 0.3) is 5.91 Å². The van der Waals surface area contributed by atoms with Crippen molar-refractivity contribution in [1.29, 1.82) is 0 Å². The highest BCUT2D eigenvalue weighted by atomic mass is 16.5. The van der Waals surface area contributed by atoms with Crippen molar-refractivity contribution in [2.45, 2.75) is 12.5 Å². The summed E-state index contributed by atoms with van der Waals surface area (Å²) in [7, 11) is 6.19. The summed E-state index contributed by atoms with van der Waals surface area (Å²) in [6.07, 6.45) is 0.489. The number of carbonyl (C=O) groups excluding carboxylic acids is 2. The standard InChI is InChI=1S/C25H31N3O6/c1-31-13-12-27(25(30)17-32-2)16-24(29)28-22(20-10-5-6-11-23(20)34-4)15-21(26-28)18-8-7-9-19(14-18)33-3/h5-11,14,22H,12-13,15-17H2,1-4H3/t22-/m1/s1. The third-order valence-corrected chi connectivity index (χ3v) is 5.58. The molecule has 0 saturated heterocycles. The number of carbonyl (C=O) groups is 2. The number of hydrogen-bond acceptors (Lipinski definition) is 7. The van der Waals surface area contributed by atoms with Crippen LogP contribution >= 0.6 is 0 Å². The average Bonchev–Trinajstić information content (AvgIpc) is 3.32. The van der Waals surface area contributed by atoms with Crippen molar-refractivity contribution in [3.05, 3.63) is 59.7 Å². The first kappa shape index (κ1) is 25.2. The maximum Gasteiger partial charge on any atom is 0.262 e. The molecular formula is C25H31N3O6. The lowest BCUT2D eigenvalue weighted by atomic mass is 9.97. The number of amides is 2. The molecule has 1 heterocycles. The third-order valence-electron chi connectivity index (χ3n) is 5.58. The van der Waals surface area contributed by atoms with Gasteiger partial charge in [-0.2, -0.15) is 5.10 Å². The Morgan fingerprint density at radius 2 is 1.82 bits per heavy atom. The van der Waals surface area contributed by atoms with E-state index in [0.29, 0.717) is 24.5 Å². The monoisotopic (exact) mass is 469 g/mol. The van der Waals surface area contributed by atoms with Crippen molar-refractivity contribution >= 4 is 17.5 Å². The van der Waals surface area contributed by atoms with E-state index in [1.54, 1.807) is 21.3 Å². The summed E-state index contributed by atoms with van der Waals surface area (Å²) in [5.74, 6) is 0.765. The molecule has 2 aromatic carbocycles. The number of para-hydroxylation sites is 1. The van der Waals surface area contributed by atoms with Crippen LogP contribution in [0, 0.1) is 0 Å². The van der Waals surface area contributed by atoms with E-state index in [4.69, 9.17) is 24.0 Å². The molecule has 0 fully saturated rings. The highest BCUT2D eigenvalue weighted by molar-refractivity contribution is 6.03. The third kappa shape index (κ3) is 5.92. The normalized spacial score (nSPS) is 15.1. The molecule has 1 aliphatic rings. The van der Waals surface area contributed by atoms with Gasteiger partial charge in [0.1, 0.15) is 24.7 Å². The van der Waals surface area contributed by atoms with Crippen LogP contribution in [0.25, 0.3) is 0 Å². The van der Waals surface area contributed by atoms with E-state index < -0.39 is 0 Å². The molecule has 0 aliphatic carbocycles. The van der Waals surface area contributed by atoms with Crippen molar-refractivity contribution in [2.75, 3.05) is 54.7 Å². The number of benzene rings is 2. The van der Waals surface area contributed by atoms with E-state index >= 15 is 0 Å². The SMILES string of the molecule is COCCN(CC(=O)N1N=C(c2cccc(OC)c2)C[C@@H]1c1ccccc1OC)C(=O)COC. The van der Waals surface area contributed by atoms with Gasteiger partial charge in [-0.1, -0.05) is 30.3 Å². The Bertz CT molecular complexity index is 1030. The van der Waals surface area contributed by atoms with Gasteiger partial charge in [0.15, 0.2) is 0 Å². The highest BCUT2D eigenvalue weighted by Crippen LogP contribution is 2.37. The molecule has 2 amide bonds. The Labute approximate surface area is 199 Å². The van der Waals surface area contributed by atoms with E-state index in [9.17, 15) is 9.59 Å². The van der Waals surface area contributed by atoms with Gasteiger partial charge in [-0.05, 0) is 18.2 Å². The predicted octanol–water partition coefficient (Wildman–Crippen LogP) is 2.50. The average molecular weight is 470 g/mol. The fourth-order valence-electron chi connectivity index (χ4n) is 3.85. The molecule has 0 aromatic heterocycles. The van der Waals surface area contributed by atoms with Crippen LogP contribution < -0.4 is 9.47 Å². The number of rotatable bonds is 11. The van der Waals surface area contributed by atoms with Crippen molar-refractivity contribution in [1.82, 2.24) is 9.91 Å². The Morgan fingerprint density at radius 1 is 1.03 bits per heavy atom. The van der Waals surface area contributed by atoms with Crippen LogP contribution in [0.3, 0.4) is 0 Å². The molecule has 0 radical (unpaired) electrons. The first-order valence-corrected chi connectivity index (χ1v) is 10.9. The summed E-state index contributed by atoms with van der Waals surface area (Å²) < 4.78 is 21.0. The molecule has 0 spiro atoms. The smallest absolute Gasteiger partial charge is 0.262 e. The highest BCUT2D eigenvalue weighted by Gasteiger charge is 2.35. The number of ether oxygens (including phenoxy) is 4. The van der Waals surface area contributed by atoms with Crippen LogP contribution in [-0.4, -0.2) is 82.2 Å². The zero-order valence-corrected chi connectivity index (χ0v) is 20.0. The van der Waals surface area contributed by atoms with Crippen LogP contribution in [0.15, 0.2) is 53.6 Å². The second-order valence-corrected chi connectivity index (χ2v) is 7.72. The summed E-state index contributed by atoms with van der Waals surface area (Å²) in [5.41, 5.74) is 2.45. The van der Waals surface area contributed by atoms with Crippen LogP contribution in [-0.2, 0) is 19.1 Å². The fourth-order valence-corrected chi connectivity index (χ4v) is 3.85. The molecule has 1 atom stereocenters. The van der Waals surface area contributed by atoms with Crippen LogP contribution in [0.5, 0.6) is 11.5 Å². The first-order valence-electron chi connectivity index (χ1n) is 10.9. The maximum atomic E-state index is 13.5. The minimum Gasteiger partial charge on any atom is -0.497 e. The molecule has 34 heavy (non-hydrogen) atoms. The first-order chi connectivity index (χ1) is 16.5. The number of hydrazone groups is 1. The molecule has 2 aromatic rings. The van der Waals surface area contributed by atoms with E-state index in [1.807, 2.05) is 48.5 Å². The van der Waals surface area contributed by atoms with Gasteiger partial charge in [-0.3, -0.25) is 9.59 Å². The van der Waals surface area contributed by atoms with Gasteiger partial charge in [0.05, 0.1) is 32.6 Å². The number of hydrogen-bond donors (Lipinski definition) is 0. The summed E-state index contributed by atoms with van der Waals surface area (Å²) >= 11 is 0. The lowest BCUT2D eigenvalue weighted by Crippen LogP contribution is -2.44. The number of methoxy groups -OCH3 is 4. The molecule has 9 heteroatoms. The molecule has 0 bridgehead atoms. The van der Waals surface area contributed by atoms with Crippen molar-refractivity contribution < 1.29 is 28.5 Å². The van der Waals surface area contributed by atoms with Gasteiger partial charge in [0, 0.05) is 38.3 Å². The Morgan fingerprint density at radius 3 is 2.53 bits per heavy atom. The predicted molar refractivity (Wildman–Crippen MR) is 127 cm³/mol. The van der Waals surface area contributed by atoms with Gasteiger partial charge >= 0.3 is 0 Å². The maximum absolute atomic E-state index is 13.5. The molecule has 3 rings (SSSR count). The summed E-state index contributed by atoms with van der Waals surface area (Å²) in [6, 6.07) is 14.7. The molecule has 1 aliphatic heterocycles. The zero-order valence-electron chi connectivity index (χ0n) is 20.0. The molecule has 0 unspecified atom stereocenters. The minimum absolute atomic E-state index is 0.120. The fraction of sp³-hybridized carbons (Fsp3) is 0.400. The Balaban J connectivity index is 1.94. The van der Waals surface area contributed by atoms with Crippen LogP contribution in [0.4, 0.5) is 0 Å². The van der Waals surface area contributed by atoms with Gasteiger partial charge in [-0.25, -0.2) is 5.01 Å². The Kier molecular flexibility index (Phi) is 9.00. The Hall–Kier alpha value is -3.43. The van der Waals surface area contributed by atoms with Crippen LogP contribution in [0.2, 0.25) is 0 Å². The van der Waals surface area contributed by atoms with E-state index in [-0.39, 0.29) is 37.6 Å². The number of nitrogens with zero attached hydrogens (tertiary/aromatic N) is 3. The molecule has 182 valence electrons. The second kappa shape index (κ2) is 12.2. The minimum atomic E-state index is -0.383. The van der Waals surface area contributed by atoms with Crippen molar-refractivity contribution in [2.24, 2.45) is 5.10 Å². The lowest BCUT2D eigenvalue weighted by Gasteiger charge is -2.27. The topological polar surface area (TPSA) is 89.9 Å². The molecular weight excluding hydrogens is 438 g/mol. The van der Waals surface area contributed by atoms with E-state index in [0.717, 1.165) is 16.8 Å². The zero-order chi connectivity index (χ0) is 24.5. The molecule has 0 N–H and O–H groups in total.